The van der Waals surface area contributed by atoms with Crippen LogP contribution in [0.4, 0.5) is 5.69 Å². The molecular formula is C27H34Cl2N2O2. The number of ether oxygens (including phenoxy) is 1. The molecule has 1 saturated carbocycles. The van der Waals surface area contributed by atoms with Crippen molar-refractivity contribution in [2.45, 2.75) is 53.1 Å². The molecule has 1 aliphatic carbocycles. The summed E-state index contributed by atoms with van der Waals surface area (Å²) >= 11 is 12.6. The molecule has 178 valence electrons. The number of carbonyl (C=O) groups excluding carboxylic acids is 1. The SMILES string of the molecule is C/N=C(\c1cc(Cl)cc(Cl)c1)N(CC(=O)O[C@@H]1C[C@H](C)CC[C@H]1C(C)C)c1ccccc1C. The third-order valence-electron chi connectivity index (χ3n) is 6.53. The van der Waals surface area contributed by atoms with E-state index in [4.69, 9.17) is 27.9 Å². The number of hydrogen-bond acceptors (Lipinski definition) is 3. The highest BCUT2D eigenvalue weighted by atomic mass is 35.5. The number of para-hydroxylation sites is 1. The number of aliphatic imine (C=N–C) groups is 1. The second-order valence-electron chi connectivity index (χ2n) is 9.43. The van der Waals surface area contributed by atoms with Gasteiger partial charge in [-0.2, -0.15) is 0 Å². The van der Waals surface area contributed by atoms with Gasteiger partial charge in [0.25, 0.3) is 0 Å². The van der Waals surface area contributed by atoms with Gasteiger partial charge in [0.2, 0.25) is 0 Å². The minimum Gasteiger partial charge on any atom is -0.461 e. The second-order valence-corrected chi connectivity index (χ2v) is 10.3. The van der Waals surface area contributed by atoms with E-state index in [-0.39, 0.29) is 18.6 Å². The van der Waals surface area contributed by atoms with Crippen molar-refractivity contribution in [3.8, 4) is 0 Å². The molecule has 0 unspecified atom stereocenters. The van der Waals surface area contributed by atoms with Crippen LogP contribution >= 0.6 is 23.2 Å². The van der Waals surface area contributed by atoms with E-state index in [9.17, 15) is 4.79 Å². The summed E-state index contributed by atoms with van der Waals surface area (Å²) in [5.74, 6) is 1.79. The predicted octanol–water partition coefficient (Wildman–Crippen LogP) is 7.19. The van der Waals surface area contributed by atoms with Crippen LogP contribution in [0.5, 0.6) is 0 Å². The van der Waals surface area contributed by atoms with Crippen LogP contribution in [0.1, 0.15) is 51.2 Å². The molecular weight excluding hydrogens is 455 g/mol. The van der Waals surface area contributed by atoms with Crippen molar-refractivity contribution in [3.63, 3.8) is 0 Å². The predicted molar refractivity (Wildman–Crippen MR) is 139 cm³/mol. The molecule has 0 aromatic heterocycles. The lowest BCUT2D eigenvalue weighted by molar-refractivity contribution is -0.154. The number of esters is 1. The van der Waals surface area contributed by atoms with E-state index in [1.54, 1.807) is 13.1 Å². The first kappa shape index (κ1) is 25.6. The molecule has 4 nitrogen and oxygen atoms in total. The van der Waals surface area contributed by atoms with E-state index in [2.05, 4.69) is 25.8 Å². The Balaban J connectivity index is 1.92. The van der Waals surface area contributed by atoms with Gasteiger partial charge in [-0.05, 0) is 67.3 Å². The van der Waals surface area contributed by atoms with Crippen molar-refractivity contribution < 1.29 is 9.53 Å². The van der Waals surface area contributed by atoms with Crippen LogP contribution in [-0.2, 0) is 9.53 Å². The van der Waals surface area contributed by atoms with Gasteiger partial charge < -0.3 is 9.64 Å². The smallest absolute Gasteiger partial charge is 0.326 e. The molecule has 2 aromatic rings. The molecule has 3 rings (SSSR count). The molecule has 0 radical (unpaired) electrons. The molecule has 33 heavy (non-hydrogen) atoms. The standard InChI is InChI=1S/C27H34Cl2N2O2/c1-17(2)23-11-10-18(3)12-25(23)33-26(32)16-31(24-9-7-6-8-19(24)4)27(30-5)20-13-21(28)15-22(29)14-20/h6-9,13-15,17-18,23,25H,10-12,16H2,1-5H3/b30-27+/t18-,23+,25-/m1/s1. The zero-order valence-electron chi connectivity index (χ0n) is 20.1. The van der Waals surface area contributed by atoms with Gasteiger partial charge in [-0.3, -0.25) is 9.79 Å². The number of carbonyl (C=O) groups is 1. The number of halogens is 2. The van der Waals surface area contributed by atoms with Crippen molar-refractivity contribution >= 4 is 40.7 Å². The fourth-order valence-electron chi connectivity index (χ4n) is 4.81. The number of nitrogens with zero attached hydrogens (tertiary/aromatic N) is 2. The summed E-state index contributed by atoms with van der Waals surface area (Å²) in [5, 5.41) is 1.03. The molecule has 0 N–H and O–H groups in total. The molecule has 0 heterocycles. The first-order chi connectivity index (χ1) is 15.7. The van der Waals surface area contributed by atoms with Crippen LogP contribution in [0.3, 0.4) is 0 Å². The van der Waals surface area contributed by atoms with Gasteiger partial charge in [0.05, 0.1) is 0 Å². The topological polar surface area (TPSA) is 41.9 Å². The lowest BCUT2D eigenvalue weighted by Gasteiger charge is -2.37. The number of amidine groups is 1. The fraction of sp³-hybridized carbons (Fsp3) is 0.481. The first-order valence-electron chi connectivity index (χ1n) is 11.7. The first-order valence-corrected chi connectivity index (χ1v) is 12.4. The van der Waals surface area contributed by atoms with Gasteiger partial charge >= 0.3 is 5.97 Å². The maximum atomic E-state index is 13.3. The quantitative estimate of drug-likeness (QED) is 0.245. The highest BCUT2D eigenvalue weighted by molar-refractivity contribution is 6.35. The van der Waals surface area contributed by atoms with Gasteiger partial charge in [0.1, 0.15) is 18.5 Å². The minimum absolute atomic E-state index is 0.0529. The number of hydrogen-bond donors (Lipinski definition) is 0. The van der Waals surface area contributed by atoms with Crippen LogP contribution in [0.2, 0.25) is 10.0 Å². The monoisotopic (exact) mass is 488 g/mol. The third-order valence-corrected chi connectivity index (χ3v) is 6.96. The minimum atomic E-state index is -0.253. The molecule has 6 heteroatoms. The van der Waals surface area contributed by atoms with E-state index in [1.165, 1.54) is 6.42 Å². The van der Waals surface area contributed by atoms with E-state index in [0.29, 0.717) is 33.6 Å². The van der Waals surface area contributed by atoms with Gasteiger partial charge in [-0.15, -0.1) is 0 Å². The van der Waals surface area contributed by atoms with Crippen LogP contribution in [0, 0.1) is 24.7 Å². The summed E-state index contributed by atoms with van der Waals surface area (Å²) < 4.78 is 6.12. The van der Waals surface area contributed by atoms with Crippen LogP contribution in [-0.4, -0.2) is 31.5 Å². The lowest BCUT2D eigenvalue weighted by Crippen LogP contribution is -2.41. The van der Waals surface area contributed by atoms with E-state index < -0.39 is 0 Å². The van der Waals surface area contributed by atoms with E-state index in [1.807, 2.05) is 48.2 Å². The van der Waals surface area contributed by atoms with Crippen molar-refractivity contribution in [2.75, 3.05) is 18.5 Å². The van der Waals surface area contributed by atoms with Crippen LogP contribution in [0.15, 0.2) is 47.5 Å². The molecule has 0 amide bonds. The van der Waals surface area contributed by atoms with Crippen molar-refractivity contribution in [2.24, 2.45) is 22.7 Å². The Morgan fingerprint density at radius 3 is 2.42 bits per heavy atom. The Hall–Kier alpha value is -2.04. The van der Waals surface area contributed by atoms with Crippen LogP contribution in [0.25, 0.3) is 0 Å². The molecule has 0 aliphatic heterocycles. The molecule has 2 aromatic carbocycles. The Labute approximate surface area is 207 Å². The zero-order chi connectivity index (χ0) is 24.1. The van der Waals surface area contributed by atoms with Gasteiger partial charge in [0.15, 0.2) is 0 Å². The summed E-state index contributed by atoms with van der Waals surface area (Å²) in [5.41, 5.74) is 2.67. The number of benzene rings is 2. The Morgan fingerprint density at radius 1 is 1.15 bits per heavy atom. The van der Waals surface area contributed by atoms with Crippen molar-refractivity contribution in [1.82, 2.24) is 0 Å². The Bertz CT molecular complexity index is 985. The number of rotatable bonds is 6. The van der Waals surface area contributed by atoms with Gasteiger partial charge in [-0.25, -0.2) is 0 Å². The summed E-state index contributed by atoms with van der Waals surface area (Å²) in [6.45, 7) is 8.74. The average Bonchev–Trinajstić information content (AvgIpc) is 2.73. The summed E-state index contributed by atoms with van der Waals surface area (Å²) in [4.78, 5) is 19.7. The largest absolute Gasteiger partial charge is 0.461 e. The highest BCUT2D eigenvalue weighted by Gasteiger charge is 2.34. The van der Waals surface area contributed by atoms with E-state index in [0.717, 1.165) is 29.7 Å². The summed E-state index contributed by atoms with van der Waals surface area (Å²) in [6.07, 6.45) is 3.15. The second kappa shape index (κ2) is 11.4. The molecule has 0 saturated heterocycles. The summed E-state index contributed by atoms with van der Waals surface area (Å²) in [7, 11) is 1.71. The third kappa shape index (κ3) is 6.51. The van der Waals surface area contributed by atoms with Gasteiger partial charge in [0, 0.05) is 28.3 Å². The number of anilines is 1. The molecule has 1 aliphatic rings. The molecule has 0 bridgehead atoms. The molecule has 3 atom stereocenters. The normalized spacial score (nSPS) is 21.2. The maximum Gasteiger partial charge on any atom is 0.326 e. The number of aryl methyl sites for hydroxylation is 1. The lowest BCUT2D eigenvalue weighted by atomic mass is 9.75. The van der Waals surface area contributed by atoms with Crippen molar-refractivity contribution in [3.05, 3.63) is 63.6 Å². The molecule has 1 fully saturated rings. The van der Waals surface area contributed by atoms with Crippen LogP contribution < -0.4 is 4.90 Å². The highest BCUT2D eigenvalue weighted by Crippen LogP contribution is 2.35. The van der Waals surface area contributed by atoms with Crippen molar-refractivity contribution in [1.29, 1.82) is 0 Å². The van der Waals surface area contributed by atoms with E-state index >= 15 is 0 Å². The van der Waals surface area contributed by atoms with Gasteiger partial charge in [-0.1, -0.05) is 68.6 Å². The Kier molecular flexibility index (Phi) is 8.83. The summed E-state index contributed by atoms with van der Waals surface area (Å²) in [6, 6.07) is 13.2. The maximum absolute atomic E-state index is 13.3. The Morgan fingerprint density at radius 2 is 1.82 bits per heavy atom. The average molecular weight is 489 g/mol. The fourth-order valence-corrected chi connectivity index (χ4v) is 5.34. The molecule has 0 spiro atoms. The zero-order valence-corrected chi connectivity index (χ0v) is 21.7.